The number of anilines is 1. The Bertz CT molecular complexity index is 2540. The van der Waals surface area contributed by atoms with E-state index in [9.17, 15) is 14.7 Å². The third-order valence-electron chi connectivity index (χ3n) is 13.9. The highest BCUT2D eigenvalue weighted by Gasteiger charge is 2.70. The summed E-state index contributed by atoms with van der Waals surface area (Å²) in [5.74, 6) is -4.43. The number of benzene rings is 5. The monoisotopic (exact) mass is 831 g/mol. The van der Waals surface area contributed by atoms with E-state index in [1.807, 2.05) is 84.9 Å². The molecule has 61 heavy (non-hydrogen) atoms. The summed E-state index contributed by atoms with van der Waals surface area (Å²) in [6.07, 6.45) is 3.90. The first-order chi connectivity index (χ1) is 29.7. The molecule has 3 aliphatic heterocycles. The summed E-state index contributed by atoms with van der Waals surface area (Å²) in [6, 6.07) is 41.0. The number of fused-ring (bicyclic) bond motifs is 4. The van der Waals surface area contributed by atoms with Crippen molar-refractivity contribution in [2.45, 2.75) is 56.2 Å². The number of carbonyl (C=O) groups is 4. The number of hydrogen-bond donors (Lipinski definition) is 1. The van der Waals surface area contributed by atoms with Gasteiger partial charge in [0.2, 0.25) is 23.6 Å². The molecule has 1 saturated carbocycles. The second kappa shape index (κ2) is 15.8. The van der Waals surface area contributed by atoms with E-state index in [-0.39, 0.29) is 36.6 Å². The van der Waals surface area contributed by atoms with Crippen molar-refractivity contribution in [3.8, 4) is 11.5 Å². The molecule has 0 unspecified atom stereocenters. The van der Waals surface area contributed by atoms with Crippen LogP contribution < -0.4 is 9.64 Å². The standard InChI is InChI=1S/C51H46ClN3O6/c52-35-17-10-18-37(27-35)55-48(58)43-29-42-39(21-22-41-45(42)49(59)54(47(41)57)36-23-25-53(26-24-36)30-32-11-4-1-5-12-32)46(51(43,50(55)60)34-15-8-3-9-16-34)40-20-19-38(28-44(40)56)61-31-33-13-6-2-7-14-33/h1-21,27-28,36,41-43,45-46,56H,22-26,29-31H2/t41-,42+,43-,45-,46+,51+/m0/s1. The zero-order valence-electron chi connectivity index (χ0n) is 33.6. The van der Waals surface area contributed by atoms with E-state index < -0.39 is 46.8 Å². The summed E-state index contributed by atoms with van der Waals surface area (Å²) in [5.41, 5.74) is 2.92. The van der Waals surface area contributed by atoms with E-state index in [2.05, 4.69) is 17.0 Å². The maximum Gasteiger partial charge on any atom is 0.246 e. The van der Waals surface area contributed by atoms with Crippen molar-refractivity contribution in [3.63, 3.8) is 0 Å². The lowest BCUT2D eigenvalue weighted by atomic mass is 9.49. The molecule has 10 rings (SSSR count). The number of halogens is 1. The van der Waals surface area contributed by atoms with Crippen molar-refractivity contribution in [2.75, 3.05) is 18.0 Å². The molecule has 5 aliphatic rings. The molecule has 0 bridgehead atoms. The highest BCUT2D eigenvalue weighted by molar-refractivity contribution is 6.32. The summed E-state index contributed by atoms with van der Waals surface area (Å²) in [4.78, 5) is 65.4. The van der Waals surface area contributed by atoms with Gasteiger partial charge in [-0.05, 0) is 72.6 Å². The first-order valence-corrected chi connectivity index (χ1v) is 21.6. The van der Waals surface area contributed by atoms with Crippen LogP contribution in [0.25, 0.3) is 0 Å². The minimum absolute atomic E-state index is 0.0903. The van der Waals surface area contributed by atoms with Crippen molar-refractivity contribution in [3.05, 3.63) is 172 Å². The number of imide groups is 2. The molecule has 0 spiro atoms. The zero-order valence-corrected chi connectivity index (χ0v) is 34.4. The predicted molar refractivity (Wildman–Crippen MR) is 232 cm³/mol. The number of amides is 4. The second-order valence-corrected chi connectivity index (χ2v) is 17.6. The van der Waals surface area contributed by atoms with Crippen molar-refractivity contribution < 1.29 is 29.0 Å². The average molecular weight is 832 g/mol. The molecule has 4 fully saturated rings. The number of phenolic OH excluding ortho intramolecular Hbond substituents is 1. The number of ether oxygens (including phenoxy) is 1. The SMILES string of the molecule is O=C1[C@@H]2C[C@@H]3C(=CC[C@@H]4C(=O)N(C5CCN(Cc6ccccc6)CC5)C(=O)[C@@H]43)[C@H](c3ccc(OCc4ccccc4)cc3O)[C@]2(c2ccccc2)C(=O)N1c1cccc(Cl)c1. The summed E-state index contributed by atoms with van der Waals surface area (Å²) in [6.45, 7) is 2.63. The van der Waals surface area contributed by atoms with Gasteiger partial charge in [-0.25, -0.2) is 4.90 Å². The second-order valence-electron chi connectivity index (χ2n) is 17.1. The Labute approximate surface area is 360 Å². The molecular weight excluding hydrogens is 786 g/mol. The van der Waals surface area contributed by atoms with Crippen LogP contribution in [0.5, 0.6) is 11.5 Å². The lowest BCUT2D eigenvalue weighted by Crippen LogP contribution is -2.53. The number of aromatic hydroxyl groups is 1. The smallest absolute Gasteiger partial charge is 0.246 e. The van der Waals surface area contributed by atoms with Crippen molar-refractivity contribution in [2.24, 2.45) is 23.7 Å². The Balaban J connectivity index is 1.05. The lowest BCUT2D eigenvalue weighted by Gasteiger charge is -2.50. The van der Waals surface area contributed by atoms with Gasteiger partial charge in [0.1, 0.15) is 18.1 Å². The number of likely N-dealkylation sites (tertiary alicyclic amines) is 2. The number of piperidine rings is 1. The molecule has 5 aromatic carbocycles. The first kappa shape index (κ1) is 39.1. The van der Waals surface area contributed by atoms with Gasteiger partial charge in [0.15, 0.2) is 0 Å². The number of allylic oxidation sites excluding steroid dienone is 2. The largest absolute Gasteiger partial charge is 0.508 e. The van der Waals surface area contributed by atoms with Gasteiger partial charge in [0, 0.05) is 48.2 Å². The molecule has 6 atom stereocenters. The molecule has 1 N–H and O–H groups in total. The van der Waals surface area contributed by atoms with Crippen LogP contribution in [0, 0.1) is 23.7 Å². The normalized spacial score (nSPS) is 26.5. The number of nitrogens with zero attached hydrogens (tertiary/aromatic N) is 3. The Morgan fingerprint density at radius 3 is 2.10 bits per heavy atom. The molecule has 0 aromatic heterocycles. The number of rotatable bonds is 9. The van der Waals surface area contributed by atoms with E-state index in [1.54, 1.807) is 47.4 Å². The summed E-state index contributed by atoms with van der Waals surface area (Å²) in [7, 11) is 0. The third-order valence-corrected chi connectivity index (χ3v) is 14.2. The Morgan fingerprint density at radius 2 is 1.41 bits per heavy atom. The highest BCUT2D eigenvalue weighted by atomic mass is 35.5. The first-order valence-electron chi connectivity index (χ1n) is 21.3. The van der Waals surface area contributed by atoms with Crippen LogP contribution in [0.3, 0.4) is 0 Å². The van der Waals surface area contributed by atoms with E-state index in [4.69, 9.17) is 16.3 Å². The fourth-order valence-corrected chi connectivity index (χ4v) is 11.4. The predicted octanol–water partition coefficient (Wildman–Crippen LogP) is 8.45. The van der Waals surface area contributed by atoms with E-state index in [0.717, 1.165) is 30.8 Å². The summed E-state index contributed by atoms with van der Waals surface area (Å²) >= 11 is 6.48. The highest BCUT2D eigenvalue weighted by Crippen LogP contribution is 2.65. The molecule has 5 aromatic rings. The minimum atomic E-state index is -1.50. The van der Waals surface area contributed by atoms with Gasteiger partial charge in [0.25, 0.3) is 0 Å². The molecule has 2 aliphatic carbocycles. The van der Waals surface area contributed by atoms with Crippen LogP contribution in [0.15, 0.2) is 145 Å². The van der Waals surface area contributed by atoms with Crippen LogP contribution in [0.2, 0.25) is 5.02 Å². The van der Waals surface area contributed by atoms with Gasteiger partial charge < -0.3 is 9.84 Å². The van der Waals surface area contributed by atoms with Crippen LogP contribution in [-0.2, 0) is 37.7 Å². The van der Waals surface area contributed by atoms with Gasteiger partial charge in [-0.3, -0.25) is 29.0 Å². The van der Waals surface area contributed by atoms with Crippen LogP contribution in [0.4, 0.5) is 5.69 Å². The molecule has 3 saturated heterocycles. The third kappa shape index (κ3) is 6.57. The van der Waals surface area contributed by atoms with Crippen LogP contribution in [0.1, 0.15) is 53.9 Å². The van der Waals surface area contributed by atoms with Crippen LogP contribution >= 0.6 is 11.6 Å². The fraction of sp³-hybridized carbons (Fsp3) is 0.294. The van der Waals surface area contributed by atoms with E-state index >= 15 is 9.59 Å². The lowest BCUT2D eigenvalue weighted by molar-refractivity contribution is -0.144. The van der Waals surface area contributed by atoms with Gasteiger partial charge >= 0.3 is 0 Å². The maximum atomic E-state index is 15.6. The summed E-state index contributed by atoms with van der Waals surface area (Å²) in [5, 5.41) is 12.5. The molecule has 308 valence electrons. The Hall–Kier alpha value is -6.03. The van der Waals surface area contributed by atoms with Crippen molar-refractivity contribution in [1.82, 2.24) is 9.80 Å². The van der Waals surface area contributed by atoms with Gasteiger partial charge in [-0.2, -0.15) is 0 Å². The fourth-order valence-electron chi connectivity index (χ4n) is 11.2. The van der Waals surface area contributed by atoms with Crippen molar-refractivity contribution in [1.29, 1.82) is 0 Å². The molecule has 10 heteroatoms. The number of carbonyl (C=O) groups excluding carboxylic acids is 4. The van der Waals surface area contributed by atoms with E-state index in [0.29, 0.717) is 46.8 Å². The van der Waals surface area contributed by atoms with Gasteiger partial charge in [0.05, 0.1) is 28.9 Å². The maximum absolute atomic E-state index is 15.6. The molecule has 4 amide bonds. The molecule has 3 heterocycles. The zero-order chi connectivity index (χ0) is 41.8. The van der Waals surface area contributed by atoms with Gasteiger partial charge in [-0.15, -0.1) is 0 Å². The molecule has 9 nitrogen and oxygen atoms in total. The summed E-state index contributed by atoms with van der Waals surface area (Å²) < 4.78 is 6.12. The van der Waals surface area contributed by atoms with E-state index in [1.165, 1.54) is 10.5 Å². The number of hydrogen-bond acceptors (Lipinski definition) is 7. The minimum Gasteiger partial charge on any atom is -0.508 e. The quantitative estimate of drug-likeness (QED) is 0.117. The Kier molecular flexibility index (Phi) is 10.1. The molecule has 0 radical (unpaired) electrons. The van der Waals surface area contributed by atoms with Crippen LogP contribution in [-0.4, -0.2) is 57.7 Å². The number of phenols is 1. The molecular formula is C51H46ClN3O6. The average Bonchev–Trinajstić information content (AvgIpc) is 3.68. The Morgan fingerprint density at radius 1 is 0.721 bits per heavy atom. The topological polar surface area (TPSA) is 107 Å². The van der Waals surface area contributed by atoms with Gasteiger partial charge in [-0.1, -0.05) is 126 Å². The van der Waals surface area contributed by atoms with Crippen molar-refractivity contribution >= 4 is 40.9 Å².